The van der Waals surface area contributed by atoms with Crippen LogP contribution in [0.15, 0.2) is 0 Å². The Morgan fingerprint density at radius 1 is 1.54 bits per heavy atom. The molecule has 0 aliphatic rings. The van der Waals surface area contributed by atoms with Crippen LogP contribution in [0, 0.1) is 0 Å². The van der Waals surface area contributed by atoms with Crippen LogP contribution in [0.3, 0.4) is 0 Å². The first kappa shape index (κ1) is 15.5. The normalized spacial score (nSPS) is 12.1. The fraction of sp³-hybridized carbons (Fsp3) is 0.875. The molecule has 5 heteroatoms. The van der Waals surface area contributed by atoms with Crippen LogP contribution >= 0.6 is 24.2 Å². The zero-order valence-corrected chi connectivity index (χ0v) is 9.91. The summed E-state index contributed by atoms with van der Waals surface area (Å²) in [5, 5.41) is 0. The molecule has 0 aliphatic carbocycles. The Morgan fingerprint density at radius 3 is 2.46 bits per heavy atom. The number of ether oxygens (including phenoxy) is 1. The lowest BCUT2D eigenvalue weighted by molar-refractivity contribution is -0.149. The summed E-state index contributed by atoms with van der Waals surface area (Å²) in [6.07, 6.45) is 2.60. The molecule has 0 aromatic heterocycles. The van der Waals surface area contributed by atoms with E-state index in [0.29, 0.717) is 6.42 Å². The minimum Gasteiger partial charge on any atom is -0.462 e. The third kappa shape index (κ3) is 8.40. The molecule has 0 aliphatic heterocycles. The van der Waals surface area contributed by atoms with E-state index in [-0.39, 0.29) is 24.5 Å². The summed E-state index contributed by atoms with van der Waals surface area (Å²) < 4.78 is 4.94. The van der Waals surface area contributed by atoms with Gasteiger partial charge in [0.1, 0.15) is 6.04 Å². The molecule has 0 spiro atoms. The first-order valence-corrected chi connectivity index (χ1v) is 5.42. The molecule has 0 rings (SSSR count). The largest absolute Gasteiger partial charge is 0.462 e. The Balaban J connectivity index is 0. The molecule has 0 heterocycles. The second kappa shape index (κ2) is 8.66. The lowest BCUT2D eigenvalue weighted by atomic mass is 10.2. The number of rotatable bonds is 5. The summed E-state index contributed by atoms with van der Waals surface area (Å²) in [6.45, 7) is 3.64. The van der Waals surface area contributed by atoms with Gasteiger partial charge in [-0.3, -0.25) is 4.79 Å². The SMILES string of the molecule is CSCC[C@H](N)C(=O)OC(C)C.Cl. The molecular formula is C8H18ClNO2S. The molecule has 80 valence electrons. The summed E-state index contributed by atoms with van der Waals surface area (Å²) in [4.78, 5) is 11.1. The van der Waals surface area contributed by atoms with Crippen molar-refractivity contribution in [1.29, 1.82) is 0 Å². The van der Waals surface area contributed by atoms with E-state index in [4.69, 9.17) is 10.5 Å². The van der Waals surface area contributed by atoms with Crippen molar-refractivity contribution in [1.82, 2.24) is 0 Å². The van der Waals surface area contributed by atoms with Gasteiger partial charge in [0.05, 0.1) is 6.10 Å². The highest BCUT2D eigenvalue weighted by molar-refractivity contribution is 7.98. The molecular weight excluding hydrogens is 210 g/mol. The summed E-state index contributed by atoms with van der Waals surface area (Å²) in [5.41, 5.74) is 5.56. The summed E-state index contributed by atoms with van der Waals surface area (Å²) in [6, 6.07) is -0.458. The first-order chi connectivity index (χ1) is 5.57. The molecule has 0 fully saturated rings. The molecule has 0 radical (unpaired) electrons. The van der Waals surface area contributed by atoms with Crippen LogP contribution in [0.25, 0.3) is 0 Å². The molecule has 1 atom stereocenters. The molecule has 3 nitrogen and oxygen atoms in total. The monoisotopic (exact) mass is 227 g/mol. The number of hydrogen-bond donors (Lipinski definition) is 1. The van der Waals surface area contributed by atoms with Crippen LogP contribution in [0.2, 0.25) is 0 Å². The molecule has 0 saturated carbocycles. The highest BCUT2D eigenvalue weighted by Gasteiger charge is 2.15. The van der Waals surface area contributed by atoms with Crippen molar-refractivity contribution in [3.8, 4) is 0 Å². The Labute approximate surface area is 90.2 Å². The third-order valence-corrected chi connectivity index (χ3v) is 1.93. The van der Waals surface area contributed by atoms with Crippen molar-refractivity contribution >= 4 is 30.1 Å². The number of hydrogen-bond acceptors (Lipinski definition) is 4. The van der Waals surface area contributed by atoms with E-state index in [9.17, 15) is 4.79 Å². The molecule has 0 bridgehead atoms. The van der Waals surface area contributed by atoms with Gasteiger partial charge in [-0.25, -0.2) is 0 Å². The predicted molar refractivity (Wildman–Crippen MR) is 59.5 cm³/mol. The van der Waals surface area contributed by atoms with E-state index in [1.54, 1.807) is 11.8 Å². The van der Waals surface area contributed by atoms with Gasteiger partial charge in [0, 0.05) is 0 Å². The van der Waals surface area contributed by atoms with Crippen LogP contribution in [-0.4, -0.2) is 30.1 Å². The second-order valence-electron chi connectivity index (χ2n) is 2.87. The maximum atomic E-state index is 11.1. The van der Waals surface area contributed by atoms with Gasteiger partial charge in [-0.15, -0.1) is 12.4 Å². The van der Waals surface area contributed by atoms with E-state index in [1.165, 1.54) is 0 Å². The molecule has 13 heavy (non-hydrogen) atoms. The lowest BCUT2D eigenvalue weighted by Gasteiger charge is -2.12. The van der Waals surface area contributed by atoms with Gasteiger partial charge < -0.3 is 10.5 Å². The molecule has 2 N–H and O–H groups in total. The van der Waals surface area contributed by atoms with Gasteiger partial charge in [-0.05, 0) is 32.3 Å². The molecule has 0 amide bonds. The summed E-state index contributed by atoms with van der Waals surface area (Å²) in [7, 11) is 0. The number of nitrogens with two attached hydrogens (primary N) is 1. The Kier molecular flexibility index (Phi) is 10.3. The van der Waals surface area contributed by atoms with Gasteiger partial charge in [0.2, 0.25) is 0 Å². The predicted octanol–water partition coefficient (Wildman–Crippen LogP) is 1.44. The van der Waals surface area contributed by atoms with Crippen molar-refractivity contribution in [2.45, 2.75) is 32.4 Å². The summed E-state index contributed by atoms with van der Waals surface area (Å²) in [5.74, 6) is 0.605. The molecule has 0 aromatic rings. The Hall–Kier alpha value is 0.0700. The average Bonchev–Trinajstić information content (AvgIpc) is 1.98. The van der Waals surface area contributed by atoms with Crippen LogP contribution in [0.1, 0.15) is 20.3 Å². The van der Waals surface area contributed by atoms with E-state index in [2.05, 4.69) is 0 Å². The number of esters is 1. The third-order valence-electron chi connectivity index (χ3n) is 1.29. The lowest BCUT2D eigenvalue weighted by Crippen LogP contribution is -2.34. The molecule has 0 aromatic carbocycles. The minimum atomic E-state index is -0.458. The van der Waals surface area contributed by atoms with Crippen LogP contribution < -0.4 is 5.73 Å². The van der Waals surface area contributed by atoms with Crippen molar-refractivity contribution in [2.24, 2.45) is 5.73 Å². The minimum absolute atomic E-state index is 0. The van der Waals surface area contributed by atoms with Crippen molar-refractivity contribution in [2.75, 3.05) is 12.0 Å². The van der Waals surface area contributed by atoms with Crippen molar-refractivity contribution < 1.29 is 9.53 Å². The van der Waals surface area contributed by atoms with Gasteiger partial charge >= 0.3 is 5.97 Å². The number of thioether (sulfide) groups is 1. The fourth-order valence-electron chi connectivity index (χ4n) is 0.682. The smallest absolute Gasteiger partial charge is 0.323 e. The maximum Gasteiger partial charge on any atom is 0.323 e. The quantitative estimate of drug-likeness (QED) is 0.723. The highest BCUT2D eigenvalue weighted by Crippen LogP contribution is 2.01. The van der Waals surface area contributed by atoms with E-state index >= 15 is 0 Å². The second-order valence-corrected chi connectivity index (χ2v) is 3.86. The molecule has 0 unspecified atom stereocenters. The Bertz CT molecular complexity index is 144. The highest BCUT2D eigenvalue weighted by atomic mass is 35.5. The number of carbonyl (C=O) groups is 1. The van der Waals surface area contributed by atoms with Crippen LogP contribution in [-0.2, 0) is 9.53 Å². The van der Waals surface area contributed by atoms with Gasteiger partial charge in [-0.1, -0.05) is 0 Å². The van der Waals surface area contributed by atoms with E-state index < -0.39 is 6.04 Å². The van der Waals surface area contributed by atoms with Crippen molar-refractivity contribution in [3.05, 3.63) is 0 Å². The maximum absolute atomic E-state index is 11.1. The van der Waals surface area contributed by atoms with Crippen LogP contribution in [0.4, 0.5) is 0 Å². The van der Waals surface area contributed by atoms with Gasteiger partial charge in [0.15, 0.2) is 0 Å². The fourth-order valence-corrected chi connectivity index (χ4v) is 1.17. The average molecular weight is 228 g/mol. The summed E-state index contributed by atoms with van der Waals surface area (Å²) >= 11 is 1.68. The number of halogens is 1. The topological polar surface area (TPSA) is 52.3 Å². The van der Waals surface area contributed by atoms with Crippen molar-refractivity contribution in [3.63, 3.8) is 0 Å². The van der Waals surface area contributed by atoms with Crippen LogP contribution in [0.5, 0.6) is 0 Å². The van der Waals surface area contributed by atoms with Gasteiger partial charge in [0.25, 0.3) is 0 Å². The number of carbonyl (C=O) groups excluding carboxylic acids is 1. The zero-order chi connectivity index (χ0) is 9.56. The van der Waals surface area contributed by atoms with E-state index in [1.807, 2.05) is 20.1 Å². The van der Waals surface area contributed by atoms with Gasteiger partial charge in [-0.2, -0.15) is 11.8 Å². The molecule has 0 saturated heterocycles. The first-order valence-electron chi connectivity index (χ1n) is 4.03. The Morgan fingerprint density at radius 2 is 2.08 bits per heavy atom. The standard InChI is InChI=1S/C8H17NO2S.ClH/c1-6(2)11-8(10)7(9)4-5-12-3;/h6-7H,4-5,9H2,1-3H3;1H/t7-;/m0./s1. The zero-order valence-electron chi connectivity index (χ0n) is 8.28. The van der Waals surface area contributed by atoms with E-state index in [0.717, 1.165) is 5.75 Å².